The Morgan fingerprint density at radius 1 is 0.346 bits per heavy atom. The van der Waals surface area contributed by atoms with Gasteiger partial charge in [0.25, 0.3) is 0 Å². The molecule has 1 spiro atoms. The lowest BCUT2D eigenvalue weighted by Crippen LogP contribution is -2.74. The van der Waals surface area contributed by atoms with Crippen molar-refractivity contribution in [2.45, 2.75) is 12.3 Å². The molecule has 366 valence electrons. The third-order valence-corrected chi connectivity index (χ3v) is 27.6. The fraction of sp³-hybridized carbons (Fsp3) is 0.0270. The van der Waals surface area contributed by atoms with Gasteiger partial charge in [0.1, 0.15) is 0 Å². The van der Waals surface area contributed by atoms with Gasteiger partial charge >= 0.3 is 0 Å². The van der Waals surface area contributed by atoms with Crippen LogP contribution in [0.5, 0.6) is 0 Å². The quantitative estimate of drug-likeness (QED) is 0.111. The van der Waals surface area contributed by atoms with E-state index in [1.54, 1.807) is 10.4 Å². The smallest absolute Gasteiger partial charge is 0.179 e. The number of hydrogen-bond donors (Lipinski definition) is 0. The summed E-state index contributed by atoms with van der Waals surface area (Å²) in [6.07, 6.45) is 12.6. The van der Waals surface area contributed by atoms with Crippen LogP contribution in [0.1, 0.15) is 22.6 Å². The summed E-state index contributed by atoms with van der Waals surface area (Å²) in [7, 11) is -5.62. The van der Waals surface area contributed by atoms with Crippen LogP contribution in [0.3, 0.4) is 0 Å². The molecule has 0 N–H and O–H groups in total. The van der Waals surface area contributed by atoms with E-state index in [2.05, 4.69) is 306 Å². The highest BCUT2D eigenvalue weighted by atomic mass is 28.3. The van der Waals surface area contributed by atoms with Gasteiger partial charge in [0, 0.05) is 38.8 Å². The molecule has 0 radical (unpaired) electrons. The van der Waals surface area contributed by atoms with Crippen LogP contribution in [-0.4, -0.2) is 25.3 Å². The van der Waals surface area contributed by atoms with Crippen molar-refractivity contribution in [3.63, 3.8) is 0 Å². The first-order valence-electron chi connectivity index (χ1n) is 27.4. The monoisotopic (exact) mass is 1020 g/mol. The lowest BCUT2D eigenvalue weighted by Gasteiger charge is -2.39. The second-order valence-corrected chi connectivity index (χ2v) is 29.0. The van der Waals surface area contributed by atoms with Crippen molar-refractivity contribution < 1.29 is 0 Å². The molecule has 4 heterocycles. The van der Waals surface area contributed by atoms with Crippen molar-refractivity contribution in [3.8, 4) is 22.5 Å². The number of para-hydroxylation sites is 3. The minimum absolute atomic E-state index is 0.272. The van der Waals surface area contributed by atoms with E-state index in [9.17, 15) is 0 Å². The number of rotatable bonds is 7. The SMILES string of the molecule is C1=CC=C2C(C=C1)c1ccccc1[Si]21c2ccccc2Cc2cc(-c3ccc4c(c3)c3ccccc3n4-c3cc(-n4c5ccccc5c5ccccc54)cc([Si](c4ccccc4)(c4ccccc4)c4ccccc4)c3)ccc21. The molecule has 0 saturated heterocycles. The van der Waals surface area contributed by atoms with Gasteiger partial charge in [0.05, 0.1) is 22.1 Å². The molecule has 2 aliphatic heterocycles. The molecule has 2 nitrogen and oxygen atoms in total. The van der Waals surface area contributed by atoms with Crippen LogP contribution in [-0.2, 0) is 6.42 Å². The normalized spacial score (nSPS) is 16.3. The fourth-order valence-corrected chi connectivity index (χ4v) is 25.2. The summed E-state index contributed by atoms with van der Waals surface area (Å²) in [6.45, 7) is 0. The van der Waals surface area contributed by atoms with Gasteiger partial charge in [-0.1, -0.05) is 254 Å². The van der Waals surface area contributed by atoms with Gasteiger partial charge < -0.3 is 9.13 Å². The molecule has 13 aromatic rings. The van der Waals surface area contributed by atoms with Gasteiger partial charge in [0.2, 0.25) is 0 Å². The largest absolute Gasteiger partial charge is 0.309 e. The highest BCUT2D eigenvalue weighted by molar-refractivity contribution is 7.20. The molecular formula is C74H52N2Si2. The summed E-state index contributed by atoms with van der Waals surface area (Å²) in [5.41, 5.74) is 13.9. The molecule has 11 aromatic carbocycles. The number of allylic oxidation sites excluding steroid dienone is 6. The van der Waals surface area contributed by atoms with Crippen LogP contribution in [0.25, 0.3) is 66.1 Å². The molecule has 78 heavy (non-hydrogen) atoms. The third-order valence-electron chi connectivity index (χ3n) is 17.6. The molecule has 2 unspecified atom stereocenters. The van der Waals surface area contributed by atoms with Crippen molar-refractivity contribution in [2.24, 2.45) is 0 Å². The Balaban J connectivity index is 0.935. The van der Waals surface area contributed by atoms with Crippen molar-refractivity contribution in [1.29, 1.82) is 0 Å². The van der Waals surface area contributed by atoms with Crippen LogP contribution >= 0.6 is 0 Å². The third kappa shape index (κ3) is 6.42. The van der Waals surface area contributed by atoms with E-state index in [4.69, 9.17) is 0 Å². The van der Waals surface area contributed by atoms with Crippen LogP contribution < -0.4 is 36.3 Å². The van der Waals surface area contributed by atoms with Crippen LogP contribution in [0, 0.1) is 0 Å². The van der Waals surface area contributed by atoms with E-state index >= 15 is 0 Å². The molecule has 4 heteroatoms. The topological polar surface area (TPSA) is 9.86 Å². The molecule has 3 aliphatic rings. The Labute approximate surface area is 456 Å². The molecule has 0 saturated carbocycles. The lowest BCUT2D eigenvalue weighted by molar-refractivity contribution is 1.09. The number of aromatic nitrogens is 2. The highest BCUT2D eigenvalue weighted by Gasteiger charge is 2.55. The summed E-state index contributed by atoms with van der Waals surface area (Å²) in [4.78, 5) is 0. The van der Waals surface area contributed by atoms with Gasteiger partial charge in [-0.15, -0.1) is 0 Å². The summed E-state index contributed by atoms with van der Waals surface area (Å²) >= 11 is 0. The summed E-state index contributed by atoms with van der Waals surface area (Å²) in [6, 6.07) is 102. The van der Waals surface area contributed by atoms with Gasteiger partial charge in [-0.05, 0) is 119 Å². The van der Waals surface area contributed by atoms with Crippen molar-refractivity contribution in [2.75, 3.05) is 0 Å². The summed E-state index contributed by atoms with van der Waals surface area (Å²) in [5, 5.41) is 16.5. The Bertz CT molecular complexity index is 4510. The van der Waals surface area contributed by atoms with Crippen LogP contribution in [0.15, 0.2) is 302 Å². The van der Waals surface area contributed by atoms with Crippen molar-refractivity contribution in [1.82, 2.24) is 9.13 Å². The van der Waals surface area contributed by atoms with E-state index in [0.717, 1.165) is 17.8 Å². The average Bonchev–Trinajstić information content (AvgIpc) is 4.21. The maximum atomic E-state index is 2.55. The first kappa shape index (κ1) is 44.9. The lowest BCUT2D eigenvalue weighted by atomic mass is 9.97. The standard InChI is InChI=1S/C74H52N2Si2/c1-5-24-57(25-6-1)77(58-26-7-2-8-27-58,59-28-9-3-10-29-59)60-49-55(75-67-35-18-14-30-61(67)62-31-15-19-36-68(62)75)48-56(50-60)76-69-37-20-16-32-63(69)66-47-52(41-43-70(66)76)51-42-44-72-54(45-51)46-53-23-13-21-38-71(53)78(72)73-39-12-4-11-33-64(73)65-34-17-22-40-74(65)78/h1-45,47-50,64H,46H2. The second-order valence-electron chi connectivity index (χ2n) is 21.5. The molecular weight excluding hydrogens is 973 g/mol. The minimum Gasteiger partial charge on any atom is -0.309 e. The summed E-state index contributed by atoms with van der Waals surface area (Å²) < 4.78 is 5.06. The minimum atomic E-state index is -3.02. The van der Waals surface area contributed by atoms with Gasteiger partial charge in [-0.3, -0.25) is 0 Å². The zero-order valence-corrected chi connectivity index (χ0v) is 45.0. The van der Waals surface area contributed by atoms with Crippen LogP contribution in [0.4, 0.5) is 0 Å². The van der Waals surface area contributed by atoms with Gasteiger partial charge in [-0.2, -0.15) is 0 Å². The van der Waals surface area contributed by atoms with E-state index in [0.29, 0.717) is 0 Å². The Hall–Kier alpha value is -9.33. The number of benzene rings is 11. The molecule has 0 bridgehead atoms. The Morgan fingerprint density at radius 3 is 1.46 bits per heavy atom. The van der Waals surface area contributed by atoms with E-state index in [1.165, 1.54) is 103 Å². The van der Waals surface area contributed by atoms with Crippen molar-refractivity contribution in [3.05, 3.63) is 319 Å². The first-order chi connectivity index (χ1) is 38.7. The second kappa shape index (κ2) is 17.6. The molecule has 0 fully saturated rings. The fourth-order valence-electron chi connectivity index (χ4n) is 14.5. The van der Waals surface area contributed by atoms with E-state index < -0.39 is 16.1 Å². The molecule has 1 aliphatic carbocycles. The predicted octanol–water partition coefficient (Wildman–Crippen LogP) is 13.0. The zero-order chi connectivity index (χ0) is 51.4. The number of nitrogens with zero attached hydrogens (tertiary/aromatic N) is 2. The molecule has 0 amide bonds. The Kier molecular flexibility index (Phi) is 10.1. The first-order valence-corrected chi connectivity index (χ1v) is 31.4. The number of fused-ring (bicyclic) bond motifs is 15. The maximum Gasteiger partial charge on any atom is 0.179 e. The zero-order valence-electron chi connectivity index (χ0n) is 43.0. The van der Waals surface area contributed by atoms with Crippen LogP contribution in [0.2, 0.25) is 0 Å². The van der Waals surface area contributed by atoms with Gasteiger partial charge in [-0.25, -0.2) is 0 Å². The molecule has 16 rings (SSSR count). The van der Waals surface area contributed by atoms with Crippen molar-refractivity contribution >= 4 is 96.1 Å². The summed E-state index contributed by atoms with van der Waals surface area (Å²) in [5.74, 6) is 0.272. The Morgan fingerprint density at radius 2 is 0.833 bits per heavy atom. The van der Waals surface area contributed by atoms with E-state index in [1.807, 2.05) is 0 Å². The van der Waals surface area contributed by atoms with E-state index in [-0.39, 0.29) is 5.92 Å². The molecule has 2 atom stereocenters. The predicted molar refractivity (Wildman–Crippen MR) is 334 cm³/mol. The van der Waals surface area contributed by atoms with Gasteiger partial charge in [0.15, 0.2) is 16.1 Å². The molecule has 2 aromatic heterocycles. The highest BCUT2D eigenvalue weighted by Crippen LogP contribution is 2.44. The average molecular weight is 1030 g/mol. The number of hydrogen-bond acceptors (Lipinski definition) is 0. The maximum absolute atomic E-state index is 3.02.